The summed E-state index contributed by atoms with van der Waals surface area (Å²) in [5.41, 5.74) is 0.736. The number of halogens is 2. The molecular formula is C18H14Br2N2O. The van der Waals surface area contributed by atoms with Crippen molar-refractivity contribution in [1.82, 2.24) is 0 Å². The smallest absolute Gasteiger partial charge is 0.282 e. The molecule has 0 N–H and O–H groups in total. The zero-order valence-corrected chi connectivity index (χ0v) is 15.3. The second kappa shape index (κ2) is 6.42. The van der Waals surface area contributed by atoms with Crippen molar-refractivity contribution in [2.75, 3.05) is 4.90 Å². The molecule has 3 nitrogen and oxygen atoms in total. The Morgan fingerprint density at radius 3 is 2.65 bits per heavy atom. The van der Waals surface area contributed by atoms with Crippen LogP contribution >= 0.6 is 15.9 Å². The Morgan fingerprint density at radius 1 is 1.09 bits per heavy atom. The summed E-state index contributed by atoms with van der Waals surface area (Å²) < 4.78 is 3.04. The number of rotatable bonds is 2. The van der Waals surface area contributed by atoms with E-state index in [0.29, 0.717) is 0 Å². The van der Waals surface area contributed by atoms with Gasteiger partial charge in [0.15, 0.2) is 6.04 Å². The average molecular weight is 434 g/mol. The van der Waals surface area contributed by atoms with Crippen LogP contribution in [0.25, 0.3) is 0 Å². The molecule has 2 aliphatic rings. The van der Waals surface area contributed by atoms with E-state index in [1.165, 1.54) is 0 Å². The van der Waals surface area contributed by atoms with Gasteiger partial charge >= 0.3 is 0 Å². The predicted molar refractivity (Wildman–Crippen MR) is 88.7 cm³/mol. The van der Waals surface area contributed by atoms with Gasteiger partial charge in [0.2, 0.25) is 11.8 Å². The first kappa shape index (κ1) is 16.1. The number of pyridine rings is 1. The lowest BCUT2D eigenvalue weighted by Crippen LogP contribution is -3.00. The van der Waals surface area contributed by atoms with Gasteiger partial charge in [-0.25, -0.2) is 9.47 Å². The summed E-state index contributed by atoms with van der Waals surface area (Å²) in [6.45, 7) is 0. The Labute approximate surface area is 153 Å². The van der Waals surface area contributed by atoms with Crippen LogP contribution in [0.3, 0.4) is 0 Å². The Hall–Kier alpha value is -1.72. The first-order valence-corrected chi connectivity index (χ1v) is 7.98. The number of anilines is 1. The third-order valence-electron chi connectivity index (χ3n) is 4.14. The van der Waals surface area contributed by atoms with Crippen LogP contribution < -0.4 is 26.4 Å². The van der Waals surface area contributed by atoms with Crippen LogP contribution in [0, 0.1) is 0 Å². The van der Waals surface area contributed by atoms with Gasteiger partial charge in [-0.3, -0.25) is 4.79 Å². The molecule has 116 valence electrons. The summed E-state index contributed by atoms with van der Waals surface area (Å²) in [5.74, 6) is 1.18. The van der Waals surface area contributed by atoms with Gasteiger partial charge in [0.05, 0.1) is 12.4 Å². The number of aromatic nitrogens is 1. The van der Waals surface area contributed by atoms with E-state index in [1.807, 2.05) is 67.0 Å². The van der Waals surface area contributed by atoms with E-state index in [-0.39, 0.29) is 34.8 Å². The lowest BCUT2D eigenvalue weighted by molar-refractivity contribution is -0.684. The number of carbonyl (C=O) groups excluding carboxylic acids is 1. The number of ketones is 1. The summed E-state index contributed by atoms with van der Waals surface area (Å²) in [6, 6.07) is 13.4. The van der Waals surface area contributed by atoms with Gasteiger partial charge in [0, 0.05) is 16.1 Å². The maximum absolute atomic E-state index is 13.1. The molecular weight excluding hydrogens is 420 g/mol. The molecule has 3 heterocycles. The van der Waals surface area contributed by atoms with E-state index < -0.39 is 0 Å². The Balaban J connectivity index is 0.00000156. The molecule has 2 unspecified atom stereocenters. The highest BCUT2D eigenvalue weighted by Gasteiger charge is 2.48. The largest absolute Gasteiger partial charge is 1.00 e. The molecule has 0 radical (unpaired) electrons. The molecule has 0 aliphatic carbocycles. The fourth-order valence-electron chi connectivity index (χ4n) is 3.13. The molecule has 2 aromatic rings. The third-order valence-corrected chi connectivity index (χ3v) is 4.67. The first-order valence-electron chi connectivity index (χ1n) is 7.19. The number of hydrogen-bond acceptors (Lipinski definition) is 2. The van der Waals surface area contributed by atoms with Crippen LogP contribution in [-0.4, -0.2) is 11.8 Å². The second-order valence-corrected chi connectivity index (χ2v) is 6.32. The number of benzene rings is 1. The molecule has 2 aliphatic heterocycles. The van der Waals surface area contributed by atoms with E-state index in [9.17, 15) is 4.79 Å². The highest BCUT2D eigenvalue weighted by Crippen LogP contribution is 2.32. The number of Topliss-reactive ketones (excluding diaryl/α,β-unsaturated/α-hetero) is 1. The minimum Gasteiger partial charge on any atom is -1.00 e. The highest BCUT2D eigenvalue weighted by atomic mass is 79.9. The van der Waals surface area contributed by atoms with Gasteiger partial charge < -0.3 is 17.0 Å². The van der Waals surface area contributed by atoms with Crippen LogP contribution in [0.1, 0.15) is 16.4 Å². The summed E-state index contributed by atoms with van der Waals surface area (Å²) in [7, 11) is 0. The summed E-state index contributed by atoms with van der Waals surface area (Å²) >= 11 is 3.41. The minimum atomic E-state index is -0.237. The molecule has 0 saturated carbocycles. The molecule has 0 saturated heterocycles. The maximum Gasteiger partial charge on any atom is 0.282 e. The molecule has 1 aromatic carbocycles. The number of nitrogens with zero attached hydrogens (tertiary/aromatic N) is 2. The normalized spacial score (nSPS) is 20.7. The van der Waals surface area contributed by atoms with Gasteiger partial charge in [-0.1, -0.05) is 40.2 Å². The van der Waals surface area contributed by atoms with Crippen LogP contribution in [0.15, 0.2) is 77.6 Å². The number of hydrogen-bond donors (Lipinski definition) is 0. The Kier molecular flexibility index (Phi) is 4.50. The minimum absolute atomic E-state index is 0. The average Bonchev–Trinajstić information content (AvgIpc) is 2.89. The molecule has 5 heteroatoms. The van der Waals surface area contributed by atoms with Crippen molar-refractivity contribution in [3.63, 3.8) is 0 Å². The zero-order chi connectivity index (χ0) is 15.1. The fourth-order valence-corrected chi connectivity index (χ4v) is 3.40. The van der Waals surface area contributed by atoms with E-state index in [0.717, 1.165) is 15.9 Å². The molecule has 1 aromatic heterocycles. The fraction of sp³-hybridized carbons (Fsp3) is 0.111. The lowest BCUT2D eigenvalue weighted by Gasteiger charge is -2.17. The van der Waals surface area contributed by atoms with Gasteiger partial charge in [0.25, 0.3) is 5.82 Å². The van der Waals surface area contributed by atoms with Crippen LogP contribution in [0.2, 0.25) is 0 Å². The topological polar surface area (TPSA) is 24.2 Å². The number of carbonyl (C=O) groups is 1. The number of fused-ring (bicyclic) bond motifs is 3. The second-order valence-electron chi connectivity index (χ2n) is 5.41. The van der Waals surface area contributed by atoms with Gasteiger partial charge in [0.1, 0.15) is 0 Å². The monoisotopic (exact) mass is 432 g/mol. The summed E-state index contributed by atoms with van der Waals surface area (Å²) in [6.07, 6.45) is 10.1. The SMILES string of the molecule is O=C(c1ccc(Br)cc1)C1C2C=CC=CN2c2cccc[n+]21.[Br-]. The van der Waals surface area contributed by atoms with Crippen LogP contribution in [0.4, 0.5) is 5.82 Å². The van der Waals surface area contributed by atoms with Gasteiger partial charge in [-0.05, 0) is 30.4 Å². The van der Waals surface area contributed by atoms with Crippen LogP contribution in [0.5, 0.6) is 0 Å². The van der Waals surface area contributed by atoms with E-state index >= 15 is 0 Å². The molecule has 4 rings (SSSR count). The molecule has 0 bridgehead atoms. The maximum atomic E-state index is 13.1. The van der Waals surface area contributed by atoms with Crippen molar-refractivity contribution in [3.8, 4) is 0 Å². The molecule has 2 atom stereocenters. The van der Waals surface area contributed by atoms with Crippen molar-refractivity contribution in [2.24, 2.45) is 0 Å². The molecule has 0 amide bonds. The van der Waals surface area contributed by atoms with Crippen molar-refractivity contribution in [3.05, 3.63) is 83.1 Å². The Bertz CT molecular complexity index is 799. The van der Waals surface area contributed by atoms with Crippen molar-refractivity contribution >= 4 is 27.5 Å². The van der Waals surface area contributed by atoms with Crippen LogP contribution in [-0.2, 0) is 0 Å². The van der Waals surface area contributed by atoms with E-state index in [1.54, 1.807) is 0 Å². The quantitative estimate of drug-likeness (QED) is 0.507. The summed E-state index contributed by atoms with van der Waals surface area (Å²) in [5, 5.41) is 0. The van der Waals surface area contributed by atoms with Crippen molar-refractivity contribution in [2.45, 2.75) is 12.1 Å². The number of allylic oxidation sites excluding steroid dienone is 2. The standard InChI is InChI=1S/C18H14BrN2O.BrH/c19-14-9-7-13(8-10-14)18(22)17-15-5-1-3-11-20(15)16-6-2-4-12-21(16)17;/h1-12,15,17H;1H/q+1;/p-1. The Morgan fingerprint density at radius 2 is 1.87 bits per heavy atom. The highest BCUT2D eigenvalue weighted by molar-refractivity contribution is 9.10. The lowest BCUT2D eigenvalue weighted by atomic mass is 9.97. The third kappa shape index (κ3) is 2.68. The first-order chi connectivity index (χ1) is 10.8. The zero-order valence-electron chi connectivity index (χ0n) is 12.1. The predicted octanol–water partition coefficient (Wildman–Crippen LogP) is 0.437. The van der Waals surface area contributed by atoms with E-state index in [2.05, 4.69) is 31.5 Å². The summed E-state index contributed by atoms with van der Waals surface area (Å²) in [4.78, 5) is 15.2. The van der Waals surface area contributed by atoms with Gasteiger partial charge in [-0.15, -0.1) is 0 Å². The van der Waals surface area contributed by atoms with Crippen molar-refractivity contribution < 1.29 is 26.3 Å². The molecule has 0 spiro atoms. The van der Waals surface area contributed by atoms with E-state index in [4.69, 9.17) is 0 Å². The van der Waals surface area contributed by atoms with Gasteiger partial charge in [-0.2, -0.15) is 0 Å². The molecule has 23 heavy (non-hydrogen) atoms. The van der Waals surface area contributed by atoms with Crippen molar-refractivity contribution in [1.29, 1.82) is 0 Å². The molecule has 0 fully saturated rings.